The second-order valence-electron chi connectivity index (χ2n) is 6.12. The van der Waals surface area contributed by atoms with Gasteiger partial charge < -0.3 is 15.2 Å². The monoisotopic (exact) mass is 277 g/mol. The molecule has 0 bridgehead atoms. The average molecular weight is 277 g/mol. The summed E-state index contributed by atoms with van der Waals surface area (Å²) in [6, 6.07) is 6.22. The lowest BCUT2D eigenvalue weighted by molar-refractivity contribution is 0.227. The molecule has 0 heterocycles. The molecule has 112 valence electrons. The fraction of sp³-hybridized carbons (Fsp3) is 0.647. The molecule has 0 spiro atoms. The largest absolute Gasteiger partial charge is 0.504 e. The van der Waals surface area contributed by atoms with Crippen molar-refractivity contribution < 1.29 is 9.84 Å². The normalized spacial score (nSPS) is 26.4. The maximum Gasteiger partial charge on any atom is 0.161 e. The summed E-state index contributed by atoms with van der Waals surface area (Å²) in [7, 11) is 0. The Labute approximate surface area is 122 Å². The van der Waals surface area contributed by atoms with Gasteiger partial charge in [-0.3, -0.25) is 0 Å². The third-order valence-electron chi connectivity index (χ3n) is 4.32. The number of rotatable bonds is 5. The van der Waals surface area contributed by atoms with Crippen LogP contribution in [-0.2, 0) is 6.54 Å². The fourth-order valence-electron chi connectivity index (χ4n) is 3.16. The summed E-state index contributed by atoms with van der Waals surface area (Å²) in [6.07, 6.45) is 3.90. The molecule has 1 aliphatic carbocycles. The topological polar surface area (TPSA) is 41.5 Å². The van der Waals surface area contributed by atoms with Crippen molar-refractivity contribution in [2.45, 2.75) is 52.6 Å². The molecule has 1 saturated carbocycles. The summed E-state index contributed by atoms with van der Waals surface area (Å²) in [6.45, 7) is 8.03. The van der Waals surface area contributed by atoms with E-state index in [4.69, 9.17) is 4.74 Å². The van der Waals surface area contributed by atoms with Crippen LogP contribution in [0, 0.1) is 11.8 Å². The number of ether oxygens (including phenoxy) is 1. The van der Waals surface area contributed by atoms with E-state index in [1.807, 2.05) is 19.1 Å². The molecule has 3 unspecified atom stereocenters. The van der Waals surface area contributed by atoms with E-state index in [0.717, 1.165) is 23.9 Å². The molecule has 0 amide bonds. The molecular weight excluding hydrogens is 250 g/mol. The number of phenols is 1. The molecule has 1 aliphatic rings. The third kappa shape index (κ3) is 3.89. The Morgan fingerprint density at radius 2 is 2.10 bits per heavy atom. The second-order valence-corrected chi connectivity index (χ2v) is 6.12. The van der Waals surface area contributed by atoms with Crippen molar-refractivity contribution in [1.29, 1.82) is 0 Å². The van der Waals surface area contributed by atoms with E-state index in [0.29, 0.717) is 18.4 Å². The van der Waals surface area contributed by atoms with Crippen molar-refractivity contribution in [3.63, 3.8) is 0 Å². The summed E-state index contributed by atoms with van der Waals surface area (Å²) >= 11 is 0. The SMILES string of the molecule is CCOc1cc(CNC2CCC(C)CC2C)ccc1O. The number of aromatic hydroxyl groups is 1. The molecule has 3 nitrogen and oxygen atoms in total. The first-order chi connectivity index (χ1) is 9.60. The lowest BCUT2D eigenvalue weighted by Gasteiger charge is -2.33. The molecule has 2 N–H and O–H groups in total. The van der Waals surface area contributed by atoms with Crippen LogP contribution in [0.5, 0.6) is 11.5 Å². The van der Waals surface area contributed by atoms with Crippen molar-refractivity contribution in [3.05, 3.63) is 23.8 Å². The Morgan fingerprint density at radius 3 is 2.80 bits per heavy atom. The molecule has 20 heavy (non-hydrogen) atoms. The van der Waals surface area contributed by atoms with Crippen molar-refractivity contribution in [2.24, 2.45) is 11.8 Å². The molecule has 0 saturated heterocycles. The van der Waals surface area contributed by atoms with Gasteiger partial charge >= 0.3 is 0 Å². The van der Waals surface area contributed by atoms with E-state index in [1.54, 1.807) is 6.07 Å². The lowest BCUT2D eigenvalue weighted by Crippen LogP contribution is -2.38. The van der Waals surface area contributed by atoms with Crippen LogP contribution in [0.3, 0.4) is 0 Å². The summed E-state index contributed by atoms with van der Waals surface area (Å²) in [5, 5.41) is 13.4. The van der Waals surface area contributed by atoms with Gasteiger partial charge in [0.25, 0.3) is 0 Å². The zero-order chi connectivity index (χ0) is 14.5. The van der Waals surface area contributed by atoms with Crippen LogP contribution >= 0.6 is 0 Å². The van der Waals surface area contributed by atoms with Crippen molar-refractivity contribution in [2.75, 3.05) is 6.61 Å². The van der Waals surface area contributed by atoms with Gasteiger partial charge in [0.05, 0.1) is 6.61 Å². The Morgan fingerprint density at radius 1 is 1.30 bits per heavy atom. The van der Waals surface area contributed by atoms with Gasteiger partial charge in [0.1, 0.15) is 0 Å². The van der Waals surface area contributed by atoms with E-state index in [1.165, 1.54) is 19.3 Å². The smallest absolute Gasteiger partial charge is 0.161 e. The number of phenolic OH excluding ortho intramolecular Hbond substituents is 1. The highest BCUT2D eigenvalue weighted by molar-refractivity contribution is 5.41. The van der Waals surface area contributed by atoms with Crippen LogP contribution < -0.4 is 10.1 Å². The predicted octanol–water partition coefficient (Wildman–Crippen LogP) is 3.71. The molecule has 1 aromatic rings. The zero-order valence-corrected chi connectivity index (χ0v) is 12.9. The van der Waals surface area contributed by atoms with Gasteiger partial charge in [-0.2, -0.15) is 0 Å². The number of hydrogen-bond acceptors (Lipinski definition) is 3. The van der Waals surface area contributed by atoms with Crippen molar-refractivity contribution in [1.82, 2.24) is 5.32 Å². The van der Waals surface area contributed by atoms with E-state index in [2.05, 4.69) is 19.2 Å². The zero-order valence-electron chi connectivity index (χ0n) is 12.9. The Bertz CT molecular complexity index is 433. The van der Waals surface area contributed by atoms with Crippen LogP contribution in [0.4, 0.5) is 0 Å². The predicted molar refractivity (Wildman–Crippen MR) is 82.1 cm³/mol. The van der Waals surface area contributed by atoms with E-state index in [-0.39, 0.29) is 5.75 Å². The second kappa shape index (κ2) is 6.98. The summed E-state index contributed by atoms with van der Waals surface area (Å²) in [5.74, 6) is 2.40. The minimum atomic E-state index is 0.218. The first kappa shape index (κ1) is 15.2. The summed E-state index contributed by atoms with van der Waals surface area (Å²) < 4.78 is 5.43. The van der Waals surface area contributed by atoms with Gasteiger partial charge in [-0.25, -0.2) is 0 Å². The van der Waals surface area contributed by atoms with Crippen LogP contribution in [0.2, 0.25) is 0 Å². The van der Waals surface area contributed by atoms with Crippen LogP contribution in [0.1, 0.15) is 45.6 Å². The number of hydrogen-bond donors (Lipinski definition) is 2. The van der Waals surface area contributed by atoms with Crippen molar-refractivity contribution >= 4 is 0 Å². The summed E-state index contributed by atoms with van der Waals surface area (Å²) in [4.78, 5) is 0. The maximum absolute atomic E-state index is 9.71. The molecule has 1 fully saturated rings. The van der Waals surface area contributed by atoms with Gasteiger partial charge in [-0.15, -0.1) is 0 Å². The molecule has 3 atom stereocenters. The van der Waals surface area contributed by atoms with Gasteiger partial charge in [0.2, 0.25) is 0 Å². The summed E-state index contributed by atoms with van der Waals surface area (Å²) in [5.41, 5.74) is 1.16. The minimum Gasteiger partial charge on any atom is -0.504 e. The first-order valence-electron chi connectivity index (χ1n) is 7.78. The molecule has 0 aliphatic heterocycles. The number of benzene rings is 1. The maximum atomic E-state index is 9.71. The van der Waals surface area contributed by atoms with Crippen LogP contribution in [0.15, 0.2) is 18.2 Å². The van der Waals surface area contributed by atoms with Crippen LogP contribution in [-0.4, -0.2) is 17.8 Å². The average Bonchev–Trinajstić information content (AvgIpc) is 2.41. The third-order valence-corrected chi connectivity index (χ3v) is 4.32. The molecule has 1 aromatic carbocycles. The standard InChI is InChI=1S/C17H27NO2/c1-4-20-17-10-14(6-8-16(17)19)11-18-15-7-5-12(2)9-13(15)3/h6,8,10,12-13,15,18-19H,4-5,7,9,11H2,1-3H3. The lowest BCUT2D eigenvalue weighted by atomic mass is 9.80. The van der Waals surface area contributed by atoms with E-state index in [9.17, 15) is 5.11 Å². The van der Waals surface area contributed by atoms with E-state index < -0.39 is 0 Å². The van der Waals surface area contributed by atoms with Gasteiger partial charge in [0, 0.05) is 12.6 Å². The quantitative estimate of drug-likeness (QED) is 0.862. The molecule has 0 radical (unpaired) electrons. The Kier molecular flexibility index (Phi) is 5.30. The van der Waals surface area contributed by atoms with E-state index >= 15 is 0 Å². The van der Waals surface area contributed by atoms with Gasteiger partial charge in [-0.05, 0) is 55.7 Å². The highest BCUT2D eigenvalue weighted by atomic mass is 16.5. The van der Waals surface area contributed by atoms with Gasteiger partial charge in [-0.1, -0.05) is 19.9 Å². The Hall–Kier alpha value is -1.22. The Balaban J connectivity index is 1.92. The molecule has 2 rings (SSSR count). The fourth-order valence-corrected chi connectivity index (χ4v) is 3.16. The number of nitrogens with one attached hydrogen (secondary N) is 1. The molecule has 0 aromatic heterocycles. The minimum absolute atomic E-state index is 0.218. The first-order valence-corrected chi connectivity index (χ1v) is 7.78. The molecular formula is C17H27NO2. The van der Waals surface area contributed by atoms with Crippen LogP contribution in [0.25, 0.3) is 0 Å². The van der Waals surface area contributed by atoms with Gasteiger partial charge in [0.15, 0.2) is 11.5 Å². The van der Waals surface area contributed by atoms with Crippen molar-refractivity contribution in [3.8, 4) is 11.5 Å². The highest BCUT2D eigenvalue weighted by Gasteiger charge is 2.24. The molecule has 3 heteroatoms. The highest BCUT2D eigenvalue weighted by Crippen LogP contribution is 2.30.